The SMILES string of the molecule is COC(=O)C[C@H]1CC[C@@H](Oc2ncc(-c3ccc(C#N)cn3)cn2)CC1. The minimum Gasteiger partial charge on any atom is -0.469 e. The summed E-state index contributed by atoms with van der Waals surface area (Å²) in [7, 11) is 1.42. The van der Waals surface area contributed by atoms with E-state index in [1.807, 2.05) is 6.07 Å². The summed E-state index contributed by atoms with van der Waals surface area (Å²) in [6.45, 7) is 0. The number of hydrogen-bond acceptors (Lipinski definition) is 7. The molecular formula is C19H20N4O3. The summed E-state index contributed by atoms with van der Waals surface area (Å²) < 4.78 is 10.6. The highest BCUT2D eigenvalue weighted by Crippen LogP contribution is 2.29. The van der Waals surface area contributed by atoms with E-state index in [0.29, 0.717) is 29.6 Å². The highest BCUT2D eigenvalue weighted by molar-refractivity contribution is 5.69. The Hall–Kier alpha value is -3.01. The van der Waals surface area contributed by atoms with E-state index in [9.17, 15) is 4.79 Å². The third kappa shape index (κ3) is 4.54. The Kier molecular flexibility index (Phi) is 5.74. The molecule has 1 aliphatic rings. The van der Waals surface area contributed by atoms with E-state index in [1.165, 1.54) is 13.3 Å². The van der Waals surface area contributed by atoms with Crippen LogP contribution in [0.1, 0.15) is 37.7 Å². The average Bonchev–Trinajstić information content (AvgIpc) is 2.70. The second-order valence-corrected chi connectivity index (χ2v) is 6.34. The van der Waals surface area contributed by atoms with E-state index in [2.05, 4.69) is 15.0 Å². The summed E-state index contributed by atoms with van der Waals surface area (Å²) in [6.07, 6.45) is 9.04. The van der Waals surface area contributed by atoms with E-state index in [0.717, 1.165) is 31.2 Å². The molecular weight excluding hydrogens is 332 g/mol. The molecule has 0 bridgehead atoms. The van der Waals surface area contributed by atoms with Gasteiger partial charge in [0.25, 0.3) is 0 Å². The second kappa shape index (κ2) is 8.39. The molecule has 1 fully saturated rings. The molecule has 0 unspecified atom stereocenters. The van der Waals surface area contributed by atoms with Crippen molar-refractivity contribution in [3.8, 4) is 23.3 Å². The van der Waals surface area contributed by atoms with Gasteiger partial charge in [-0.3, -0.25) is 9.78 Å². The lowest BCUT2D eigenvalue weighted by atomic mass is 9.85. The van der Waals surface area contributed by atoms with Crippen LogP contribution in [-0.4, -0.2) is 34.1 Å². The van der Waals surface area contributed by atoms with Crippen molar-refractivity contribution in [2.45, 2.75) is 38.2 Å². The van der Waals surface area contributed by atoms with Crippen LogP contribution >= 0.6 is 0 Å². The summed E-state index contributed by atoms with van der Waals surface area (Å²) in [5.74, 6) is 0.220. The van der Waals surface area contributed by atoms with Crippen LogP contribution < -0.4 is 4.74 Å². The monoisotopic (exact) mass is 352 g/mol. The van der Waals surface area contributed by atoms with Crippen LogP contribution in [0.15, 0.2) is 30.7 Å². The number of carbonyl (C=O) groups excluding carboxylic acids is 1. The van der Waals surface area contributed by atoms with Gasteiger partial charge >= 0.3 is 12.0 Å². The Labute approximate surface area is 152 Å². The number of aromatic nitrogens is 3. The maximum absolute atomic E-state index is 11.3. The van der Waals surface area contributed by atoms with Crippen molar-refractivity contribution in [1.29, 1.82) is 5.26 Å². The summed E-state index contributed by atoms with van der Waals surface area (Å²) >= 11 is 0. The summed E-state index contributed by atoms with van der Waals surface area (Å²) in [6, 6.07) is 5.86. The first kappa shape index (κ1) is 17.8. The number of carbonyl (C=O) groups is 1. The zero-order valence-corrected chi connectivity index (χ0v) is 14.6. The van der Waals surface area contributed by atoms with E-state index >= 15 is 0 Å². The fourth-order valence-electron chi connectivity index (χ4n) is 3.06. The number of esters is 1. The normalized spacial score (nSPS) is 19.4. The molecule has 1 saturated carbocycles. The van der Waals surface area contributed by atoms with Gasteiger partial charge in [-0.25, -0.2) is 9.97 Å². The number of ether oxygens (including phenoxy) is 2. The molecule has 7 heteroatoms. The van der Waals surface area contributed by atoms with Crippen molar-refractivity contribution in [2.24, 2.45) is 5.92 Å². The number of rotatable bonds is 5. The first-order valence-corrected chi connectivity index (χ1v) is 8.60. The van der Waals surface area contributed by atoms with E-state index < -0.39 is 0 Å². The molecule has 0 N–H and O–H groups in total. The van der Waals surface area contributed by atoms with Gasteiger partial charge in [0.1, 0.15) is 12.2 Å². The van der Waals surface area contributed by atoms with Gasteiger partial charge < -0.3 is 9.47 Å². The van der Waals surface area contributed by atoms with Crippen LogP contribution in [0.2, 0.25) is 0 Å². The third-order valence-corrected chi connectivity index (χ3v) is 4.57. The zero-order valence-electron chi connectivity index (χ0n) is 14.6. The lowest BCUT2D eigenvalue weighted by molar-refractivity contribution is -0.142. The highest BCUT2D eigenvalue weighted by Gasteiger charge is 2.25. The van der Waals surface area contributed by atoms with Crippen LogP contribution in [0.25, 0.3) is 11.3 Å². The van der Waals surface area contributed by atoms with Crippen molar-refractivity contribution in [2.75, 3.05) is 7.11 Å². The third-order valence-electron chi connectivity index (χ3n) is 4.57. The number of nitrogens with zero attached hydrogens (tertiary/aromatic N) is 4. The van der Waals surface area contributed by atoms with Crippen molar-refractivity contribution in [3.63, 3.8) is 0 Å². The fraction of sp³-hybridized carbons (Fsp3) is 0.421. The predicted octanol–water partition coefficient (Wildman–Crippen LogP) is 2.91. The van der Waals surface area contributed by atoms with Crippen LogP contribution in [0.5, 0.6) is 6.01 Å². The van der Waals surface area contributed by atoms with E-state index in [4.69, 9.17) is 14.7 Å². The average molecular weight is 352 g/mol. The van der Waals surface area contributed by atoms with E-state index in [-0.39, 0.29) is 12.1 Å². The largest absolute Gasteiger partial charge is 0.469 e. The minimum absolute atomic E-state index is 0.0720. The minimum atomic E-state index is -0.148. The van der Waals surface area contributed by atoms with Gasteiger partial charge in [-0.1, -0.05) is 0 Å². The predicted molar refractivity (Wildman–Crippen MR) is 93.0 cm³/mol. The molecule has 7 nitrogen and oxygen atoms in total. The number of nitriles is 1. The topological polar surface area (TPSA) is 98.0 Å². The molecule has 0 spiro atoms. The second-order valence-electron chi connectivity index (χ2n) is 6.34. The molecule has 2 aromatic rings. The summed E-state index contributed by atoms with van der Waals surface area (Å²) in [4.78, 5) is 24.1. The number of hydrogen-bond donors (Lipinski definition) is 0. The molecule has 26 heavy (non-hydrogen) atoms. The first-order valence-electron chi connectivity index (χ1n) is 8.60. The molecule has 0 aliphatic heterocycles. The number of methoxy groups -OCH3 is 1. The molecule has 3 rings (SSSR count). The smallest absolute Gasteiger partial charge is 0.316 e. The summed E-state index contributed by atoms with van der Waals surface area (Å²) in [5, 5.41) is 8.81. The zero-order chi connectivity index (χ0) is 18.4. The Balaban J connectivity index is 1.53. The van der Waals surface area contributed by atoms with Crippen molar-refractivity contribution in [3.05, 3.63) is 36.3 Å². The van der Waals surface area contributed by atoms with Gasteiger partial charge in [-0.2, -0.15) is 5.26 Å². The van der Waals surface area contributed by atoms with E-state index in [1.54, 1.807) is 24.5 Å². The Morgan fingerprint density at radius 2 is 1.88 bits per heavy atom. The lowest BCUT2D eigenvalue weighted by Crippen LogP contribution is -2.26. The van der Waals surface area contributed by atoms with Gasteiger partial charge in [0.05, 0.1) is 18.4 Å². The molecule has 134 valence electrons. The fourth-order valence-corrected chi connectivity index (χ4v) is 3.06. The van der Waals surface area contributed by atoms with Crippen LogP contribution in [0.3, 0.4) is 0 Å². The van der Waals surface area contributed by atoms with Gasteiger partial charge in [0.2, 0.25) is 0 Å². The maximum atomic E-state index is 11.3. The van der Waals surface area contributed by atoms with Gasteiger partial charge in [0, 0.05) is 30.6 Å². The first-order chi connectivity index (χ1) is 12.7. The van der Waals surface area contributed by atoms with Crippen molar-refractivity contribution < 1.29 is 14.3 Å². The van der Waals surface area contributed by atoms with Gasteiger partial charge in [-0.05, 0) is 43.7 Å². The van der Waals surface area contributed by atoms with Crippen molar-refractivity contribution >= 4 is 5.97 Å². The van der Waals surface area contributed by atoms with Crippen LogP contribution in [0, 0.1) is 17.2 Å². The van der Waals surface area contributed by atoms with Crippen LogP contribution in [0.4, 0.5) is 0 Å². The van der Waals surface area contributed by atoms with Crippen molar-refractivity contribution in [1.82, 2.24) is 15.0 Å². The highest BCUT2D eigenvalue weighted by atomic mass is 16.5. The Bertz CT molecular complexity index is 776. The van der Waals surface area contributed by atoms with Gasteiger partial charge in [-0.15, -0.1) is 0 Å². The summed E-state index contributed by atoms with van der Waals surface area (Å²) in [5.41, 5.74) is 1.99. The Morgan fingerprint density at radius 3 is 2.46 bits per heavy atom. The maximum Gasteiger partial charge on any atom is 0.316 e. The lowest BCUT2D eigenvalue weighted by Gasteiger charge is -2.27. The number of pyridine rings is 1. The van der Waals surface area contributed by atoms with Crippen LogP contribution in [-0.2, 0) is 9.53 Å². The molecule has 0 amide bonds. The molecule has 2 heterocycles. The standard InChI is InChI=1S/C19H20N4O3/c1-25-18(24)8-13-2-5-16(6-3-13)26-19-22-11-15(12-23-19)17-7-4-14(9-20)10-21-17/h4,7,10-13,16H,2-3,5-6,8H2,1H3/t13-,16+. The molecule has 0 radical (unpaired) electrons. The Morgan fingerprint density at radius 1 is 1.15 bits per heavy atom. The van der Waals surface area contributed by atoms with Gasteiger partial charge in [0.15, 0.2) is 0 Å². The molecule has 0 atom stereocenters. The molecule has 0 aromatic carbocycles. The molecule has 0 saturated heterocycles. The molecule has 1 aliphatic carbocycles. The molecule has 2 aromatic heterocycles. The quantitative estimate of drug-likeness (QED) is 0.763.